The van der Waals surface area contributed by atoms with Crippen molar-refractivity contribution >= 4 is 29.9 Å². The molecule has 6 nitrogen and oxygen atoms in total. The van der Waals surface area contributed by atoms with E-state index < -0.39 is 0 Å². The second-order valence-corrected chi connectivity index (χ2v) is 6.79. The SMILES string of the molecule is CCNC(=NCc1ccnc(OCC)c1)NCCCN1CCCCC1C.I. The van der Waals surface area contributed by atoms with E-state index in [1.54, 1.807) is 6.20 Å². The third-order valence-electron chi connectivity index (χ3n) is 4.71. The van der Waals surface area contributed by atoms with E-state index in [1.165, 1.54) is 25.8 Å². The van der Waals surface area contributed by atoms with Gasteiger partial charge < -0.3 is 20.3 Å². The average molecular weight is 489 g/mol. The van der Waals surface area contributed by atoms with Crippen molar-refractivity contribution in [1.29, 1.82) is 0 Å². The van der Waals surface area contributed by atoms with Gasteiger partial charge in [-0.3, -0.25) is 0 Å². The molecule has 1 fully saturated rings. The van der Waals surface area contributed by atoms with Gasteiger partial charge in [-0.2, -0.15) is 0 Å². The van der Waals surface area contributed by atoms with Crippen LogP contribution in [0.4, 0.5) is 0 Å². The van der Waals surface area contributed by atoms with Crippen molar-refractivity contribution in [1.82, 2.24) is 20.5 Å². The van der Waals surface area contributed by atoms with E-state index in [0.29, 0.717) is 19.0 Å². The van der Waals surface area contributed by atoms with Crippen molar-refractivity contribution in [2.45, 2.75) is 59.0 Å². The molecule has 154 valence electrons. The Morgan fingerprint density at radius 1 is 1.33 bits per heavy atom. The first-order chi connectivity index (χ1) is 12.7. The highest BCUT2D eigenvalue weighted by Gasteiger charge is 2.17. The number of pyridine rings is 1. The minimum atomic E-state index is 0. The Hall–Kier alpha value is -1.09. The van der Waals surface area contributed by atoms with Crippen LogP contribution < -0.4 is 15.4 Å². The molecule has 2 heterocycles. The molecule has 0 aromatic carbocycles. The second kappa shape index (κ2) is 14.0. The quantitative estimate of drug-likeness (QED) is 0.241. The first-order valence-corrected chi connectivity index (χ1v) is 10.1. The molecule has 1 unspecified atom stereocenters. The highest BCUT2D eigenvalue weighted by atomic mass is 127. The van der Waals surface area contributed by atoms with E-state index in [-0.39, 0.29) is 24.0 Å². The van der Waals surface area contributed by atoms with Gasteiger partial charge in [0.25, 0.3) is 0 Å². The molecule has 7 heteroatoms. The number of rotatable bonds is 9. The molecule has 2 N–H and O–H groups in total. The molecule has 1 atom stereocenters. The minimum absolute atomic E-state index is 0. The van der Waals surface area contributed by atoms with Gasteiger partial charge in [0, 0.05) is 37.9 Å². The first kappa shape index (κ1) is 23.9. The Morgan fingerprint density at radius 3 is 2.93 bits per heavy atom. The molecular weight excluding hydrogens is 453 g/mol. The largest absolute Gasteiger partial charge is 0.478 e. The smallest absolute Gasteiger partial charge is 0.213 e. The molecule has 1 aliphatic heterocycles. The molecule has 1 aliphatic rings. The van der Waals surface area contributed by atoms with Crippen molar-refractivity contribution in [3.05, 3.63) is 23.9 Å². The van der Waals surface area contributed by atoms with E-state index >= 15 is 0 Å². The lowest BCUT2D eigenvalue weighted by Crippen LogP contribution is -2.41. The van der Waals surface area contributed by atoms with Crippen LogP contribution in [-0.2, 0) is 6.54 Å². The summed E-state index contributed by atoms with van der Waals surface area (Å²) >= 11 is 0. The molecule has 0 radical (unpaired) electrons. The van der Waals surface area contributed by atoms with Gasteiger partial charge >= 0.3 is 0 Å². The molecule has 0 amide bonds. The maximum atomic E-state index is 5.45. The standard InChI is InChI=1S/C20H35N5O.HI/c1-4-21-20(23-11-8-14-25-13-7-6-9-17(25)3)24-16-18-10-12-22-19(15-18)26-5-2;/h10,12,15,17H,4-9,11,13-14,16H2,1-3H3,(H2,21,23,24);1H. The van der Waals surface area contributed by atoms with Crippen LogP contribution in [0.15, 0.2) is 23.3 Å². The Kier molecular flexibility index (Phi) is 12.4. The minimum Gasteiger partial charge on any atom is -0.478 e. The number of likely N-dealkylation sites (tertiary alicyclic amines) is 1. The second-order valence-electron chi connectivity index (χ2n) is 6.79. The maximum absolute atomic E-state index is 5.45. The number of aromatic nitrogens is 1. The summed E-state index contributed by atoms with van der Waals surface area (Å²) in [4.78, 5) is 11.5. The van der Waals surface area contributed by atoms with Crippen LogP contribution in [0.25, 0.3) is 0 Å². The van der Waals surface area contributed by atoms with Crippen LogP contribution in [0.2, 0.25) is 0 Å². The number of ether oxygens (including phenoxy) is 1. The zero-order valence-corrected chi connectivity index (χ0v) is 19.4. The van der Waals surface area contributed by atoms with E-state index in [2.05, 4.69) is 39.4 Å². The Labute approximate surface area is 181 Å². The number of nitrogens with one attached hydrogen (secondary N) is 2. The molecular formula is C20H36IN5O. The summed E-state index contributed by atoms with van der Waals surface area (Å²) in [5.74, 6) is 1.53. The van der Waals surface area contributed by atoms with Gasteiger partial charge in [0.15, 0.2) is 5.96 Å². The monoisotopic (exact) mass is 489 g/mol. The summed E-state index contributed by atoms with van der Waals surface area (Å²) in [5, 5.41) is 6.77. The van der Waals surface area contributed by atoms with Gasteiger partial charge in [0.1, 0.15) is 0 Å². The molecule has 2 rings (SSSR count). The summed E-state index contributed by atoms with van der Waals surface area (Å²) in [6, 6.07) is 4.67. The molecule has 0 spiro atoms. The number of guanidine groups is 1. The van der Waals surface area contributed by atoms with E-state index in [9.17, 15) is 0 Å². The average Bonchev–Trinajstić information content (AvgIpc) is 2.65. The fourth-order valence-corrected chi connectivity index (χ4v) is 3.27. The molecule has 0 bridgehead atoms. The summed E-state index contributed by atoms with van der Waals surface area (Å²) in [7, 11) is 0. The summed E-state index contributed by atoms with van der Waals surface area (Å²) in [6.07, 6.45) is 6.98. The molecule has 1 aromatic heterocycles. The van der Waals surface area contributed by atoms with Crippen LogP contribution in [0.5, 0.6) is 5.88 Å². The molecule has 0 saturated carbocycles. The van der Waals surface area contributed by atoms with Crippen molar-refractivity contribution in [3.8, 4) is 5.88 Å². The lowest BCUT2D eigenvalue weighted by molar-refractivity contribution is 0.159. The fourth-order valence-electron chi connectivity index (χ4n) is 3.27. The first-order valence-electron chi connectivity index (χ1n) is 10.1. The molecule has 0 aliphatic carbocycles. The lowest BCUT2D eigenvalue weighted by Gasteiger charge is -2.33. The van der Waals surface area contributed by atoms with Gasteiger partial charge in [-0.25, -0.2) is 9.98 Å². The maximum Gasteiger partial charge on any atom is 0.213 e. The summed E-state index contributed by atoms with van der Waals surface area (Å²) in [6.45, 7) is 11.8. The number of halogens is 1. The highest BCUT2D eigenvalue weighted by molar-refractivity contribution is 14.0. The molecule has 27 heavy (non-hydrogen) atoms. The predicted octanol–water partition coefficient (Wildman–Crippen LogP) is 3.42. The zero-order valence-electron chi connectivity index (χ0n) is 17.0. The zero-order chi connectivity index (χ0) is 18.6. The topological polar surface area (TPSA) is 61.8 Å². The van der Waals surface area contributed by atoms with Crippen molar-refractivity contribution in [3.63, 3.8) is 0 Å². The van der Waals surface area contributed by atoms with Gasteiger partial charge in [-0.1, -0.05) is 6.42 Å². The van der Waals surface area contributed by atoms with Crippen molar-refractivity contribution in [2.75, 3.05) is 32.8 Å². The number of nitrogens with zero attached hydrogens (tertiary/aromatic N) is 3. The Morgan fingerprint density at radius 2 is 2.19 bits per heavy atom. The number of hydrogen-bond acceptors (Lipinski definition) is 4. The number of piperidine rings is 1. The van der Waals surface area contributed by atoms with Gasteiger partial charge in [0.2, 0.25) is 5.88 Å². The molecule has 1 saturated heterocycles. The van der Waals surface area contributed by atoms with Gasteiger partial charge in [-0.05, 0) is 58.2 Å². The third-order valence-corrected chi connectivity index (χ3v) is 4.71. The van der Waals surface area contributed by atoms with Crippen molar-refractivity contribution in [2.24, 2.45) is 4.99 Å². The van der Waals surface area contributed by atoms with Crippen LogP contribution in [0.1, 0.15) is 52.0 Å². The molecule has 1 aromatic rings. The van der Waals surface area contributed by atoms with Gasteiger partial charge in [-0.15, -0.1) is 24.0 Å². The van der Waals surface area contributed by atoms with Crippen LogP contribution in [0.3, 0.4) is 0 Å². The van der Waals surface area contributed by atoms with Crippen LogP contribution in [0, 0.1) is 0 Å². The van der Waals surface area contributed by atoms with Crippen LogP contribution >= 0.6 is 24.0 Å². The van der Waals surface area contributed by atoms with Gasteiger partial charge in [0.05, 0.1) is 13.2 Å². The fraction of sp³-hybridized carbons (Fsp3) is 0.700. The van der Waals surface area contributed by atoms with E-state index in [0.717, 1.165) is 43.6 Å². The predicted molar refractivity (Wildman–Crippen MR) is 123 cm³/mol. The van der Waals surface area contributed by atoms with Crippen molar-refractivity contribution < 1.29 is 4.74 Å². The van der Waals surface area contributed by atoms with E-state index in [4.69, 9.17) is 4.74 Å². The Balaban J connectivity index is 0.00000364. The summed E-state index contributed by atoms with van der Waals surface area (Å²) < 4.78 is 5.45. The highest BCUT2D eigenvalue weighted by Crippen LogP contribution is 2.16. The number of aliphatic imine (C=N–C) groups is 1. The van der Waals surface area contributed by atoms with Crippen LogP contribution in [-0.4, -0.2) is 54.7 Å². The third kappa shape index (κ3) is 9.10. The normalized spacial score (nSPS) is 17.9. The Bertz CT molecular complexity index is 555. The summed E-state index contributed by atoms with van der Waals surface area (Å²) in [5.41, 5.74) is 1.10. The lowest BCUT2D eigenvalue weighted by atomic mass is 10.0. The number of hydrogen-bond donors (Lipinski definition) is 2. The van der Waals surface area contributed by atoms with E-state index in [1.807, 2.05) is 19.1 Å².